The second-order valence-electron chi connectivity index (χ2n) is 6.67. The minimum Gasteiger partial charge on any atom is -0.461 e. The van der Waals surface area contributed by atoms with Gasteiger partial charge >= 0.3 is 5.97 Å². The first-order chi connectivity index (χ1) is 11.8. The number of carbonyl (C=O) groups is 1. The second-order valence-corrected chi connectivity index (χ2v) is 6.67. The summed E-state index contributed by atoms with van der Waals surface area (Å²) >= 11 is 0. The summed E-state index contributed by atoms with van der Waals surface area (Å²) in [5.74, 6) is 0.443. The molecule has 3 heteroatoms. The number of rotatable bonds is 9. The normalized spacial score (nSPS) is 20.3. The van der Waals surface area contributed by atoms with Crippen LogP contribution >= 0.6 is 0 Å². The van der Waals surface area contributed by atoms with E-state index in [1.165, 1.54) is 12.0 Å². The maximum Gasteiger partial charge on any atom is 0.306 e. The van der Waals surface area contributed by atoms with Gasteiger partial charge in [-0.1, -0.05) is 54.1 Å². The Labute approximate surface area is 144 Å². The van der Waals surface area contributed by atoms with Gasteiger partial charge in [-0.3, -0.25) is 4.79 Å². The molecule has 1 saturated heterocycles. The molecule has 0 bridgehead atoms. The fourth-order valence-corrected chi connectivity index (χ4v) is 3.23. The van der Waals surface area contributed by atoms with Gasteiger partial charge in [-0.05, 0) is 43.6 Å². The van der Waals surface area contributed by atoms with Crippen LogP contribution in [0.4, 0.5) is 0 Å². The number of ether oxygens (including phenoxy) is 2. The first-order valence-corrected chi connectivity index (χ1v) is 8.97. The van der Waals surface area contributed by atoms with Crippen molar-refractivity contribution in [2.24, 2.45) is 5.92 Å². The minimum atomic E-state index is -0.103. The van der Waals surface area contributed by atoms with Crippen LogP contribution in [0, 0.1) is 5.92 Å². The smallest absolute Gasteiger partial charge is 0.306 e. The van der Waals surface area contributed by atoms with Gasteiger partial charge in [0, 0.05) is 6.42 Å². The molecule has 2 unspecified atom stereocenters. The van der Waals surface area contributed by atoms with Crippen LogP contribution < -0.4 is 0 Å². The van der Waals surface area contributed by atoms with Crippen molar-refractivity contribution in [2.45, 2.75) is 51.2 Å². The number of esters is 1. The lowest BCUT2D eigenvalue weighted by atomic mass is 9.88. The summed E-state index contributed by atoms with van der Waals surface area (Å²) < 4.78 is 10.9. The Morgan fingerprint density at radius 3 is 2.83 bits per heavy atom. The highest BCUT2D eigenvalue weighted by Gasteiger charge is 2.32. The minimum absolute atomic E-state index is 0.103. The first-order valence-electron chi connectivity index (χ1n) is 8.97. The fraction of sp³-hybridized carbons (Fsp3) is 0.476. The van der Waals surface area contributed by atoms with Crippen molar-refractivity contribution in [2.75, 3.05) is 6.61 Å². The van der Waals surface area contributed by atoms with E-state index in [1.54, 1.807) is 0 Å². The number of benzene rings is 1. The molecule has 2 aliphatic rings. The summed E-state index contributed by atoms with van der Waals surface area (Å²) in [6.07, 6.45) is 12.8. The lowest BCUT2D eigenvalue weighted by Crippen LogP contribution is -2.12. The van der Waals surface area contributed by atoms with Gasteiger partial charge in [-0.25, -0.2) is 0 Å². The Hall–Kier alpha value is -1.87. The standard InChI is InChI=1S/C21H26O3/c22-21(24-15-18-10-5-2-6-11-18)13-7-12-19(20-16-23-20)14-17-8-3-1-4-9-17/h1-3,5-6,8,10-11,19-20H,4,7,9,12-16H2. The average Bonchev–Trinajstić information content (AvgIpc) is 3.46. The van der Waals surface area contributed by atoms with Crippen molar-refractivity contribution in [3.05, 3.63) is 59.7 Å². The van der Waals surface area contributed by atoms with E-state index in [1.807, 2.05) is 30.3 Å². The molecule has 1 fully saturated rings. The molecule has 1 aromatic rings. The first kappa shape index (κ1) is 17.0. The van der Waals surface area contributed by atoms with Crippen LogP contribution in [-0.4, -0.2) is 18.7 Å². The van der Waals surface area contributed by atoms with Crippen LogP contribution in [0.5, 0.6) is 0 Å². The molecule has 0 spiro atoms. The van der Waals surface area contributed by atoms with Gasteiger partial charge in [-0.2, -0.15) is 0 Å². The van der Waals surface area contributed by atoms with Gasteiger partial charge in [0.25, 0.3) is 0 Å². The monoisotopic (exact) mass is 326 g/mol. The van der Waals surface area contributed by atoms with Gasteiger partial charge in [0.05, 0.1) is 12.7 Å². The largest absolute Gasteiger partial charge is 0.461 e. The molecule has 0 amide bonds. The van der Waals surface area contributed by atoms with E-state index in [0.29, 0.717) is 25.0 Å². The van der Waals surface area contributed by atoms with Crippen molar-refractivity contribution in [3.8, 4) is 0 Å². The predicted molar refractivity (Wildman–Crippen MR) is 94.4 cm³/mol. The third kappa shape index (κ3) is 5.64. The molecule has 3 rings (SSSR count). The van der Waals surface area contributed by atoms with E-state index in [9.17, 15) is 4.79 Å². The summed E-state index contributed by atoms with van der Waals surface area (Å²) in [4.78, 5) is 11.9. The topological polar surface area (TPSA) is 38.8 Å². The highest BCUT2D eigenvalue weighted by atomic mass is 16.6. The molecule has 1 heterocycles. The fourth-order valence-electron chi connectivity index (χ4n) is 3.23. The Bertz CT molecular complexity index is 584. The Morgan fingerprint density at radius 2 is 2.12 bits per heavy atom. The predicted octanol–water partition coefficient (Wildman–Crippen LogP) is 4.58. The number of hydrogen-bond donors (Lipinski definition) is 0. The third-order valence-corrected chi connectivity index (χ3v) is 4.71. The number of allylic oxidation sites excluding steroid dienone is 4. The average molecular weight is 326 g/mol. The lowest BCUT2D eigenvalue weighted by molar-refractivity contribution is -0.145. The Balaban J connectivity index is 1.36. The lowest BCUT2D eigenvalue weighted by Gasteiger charge is -2.17. The highest BCUT2D eigenvalue weighted by molar-refractivity contribution is 5.69. The molecule has 3 nitrogen and oxygen atoms in total. The van der Waals surface area contributed by atoms with E-state index in [2.05, 4.69) is 18.2 Å². The molecule has 0 aromatic heterocycles. The summed E-state index contributed by atoms with van der Waals surface area (Å²) in [5.41, 5.74) is 2.55. The summed E-state index contributed by atoms with van der Waals surface area (Å²) in [6, 6.07) is 9.82. The van der Waals surface area contributed by atoms with Gasteiger partial charge in [-0.15, -0.1) is 0 Å². The zero-order valence-electron chi connectivity index (χ0n) is 14.2. The highest BCUT2D eigenvalue weighted by Crippen LogP contribution is 2.32. The molecule has 2 atom stereocenters. The molecule has 1 aromatic carbocycles. The number of hydrogen-bond acceptors (Lipinski definition) is 3. The van der Waals surface area contributed by atoms with Crippen LogP contribution in [0.15, 0.2) is 54.1 Å². The molecule has 0 N–H and O–H groups in total. The Morgan fingerprint density at radius 1 is 1.29 bits per heavy atom. The van der Waals surface area contributed by atoms with E-state index >= 15 is 0 Å². The molecule has 0 saturated carbocycles. The van der Waals surface area contributed by atoms with Crippen molar-refractivity contribution >= 4 is 5.97 Å². The number of carbonyl (C=O) groups excluding carboxylic acids is 1. The van der Waals surface area contributed by atoms with Crippen LogP contribution in [0.2, 0.25) is 0 Å². The van der Waals surface area contributed by atoms with Gasteiger partial charge in [0.2, 0.25) is 0 Å². The summed E-state index contributed by atoms with van der Waals surface area (Å²) in [7, 11) is 0. The molecular formula is C21H26O3. The second kappa shape index (κ2) is 8.84. The SMILES string of the molecule is O=C(CCCC(CC1=CC=CCC1)C1CO1)OCc1ccccc1. The third-order valence-electron chi connectivity index (χ3n) is 4.71. The molecule has 1 aliphatic heterocycles. The number of epoxide rings is 1. The van der Waals surface area contributed by atoms with Crippen molar-refractivity contribution < 1.29 is 14.3 Å². The van der Waals surface area contributed by atoms with Crippen molar-refractivity contribution in [1.29, 1.82) is 0 Å². The van der Waals surface area contributed by atoms with Gasteiger partial charge in [0.15, 0.2) is 0 Å². The summed E-state index contributed by atoms with van der Waals surface area (Å²) in [5, 5.41) is 0. The maximum atomic E-state index is 11.9. The summed E-state index contributed by atoms with van der Waals surface area (Å²) in [6.45, 7) is 1.25. The van der Waals surface area contributed by atoms with Crippen LogP contribution in [0.3, 0.4) is 0 Å². The molecule has 0 radical (unpaired) electrons. The molecular weight excluding hydrogens is 300 g/mol. The quantitative estimate of drug-likeness (QED) is 0.492. The molecule has 1 aliphatic carbocycles. The van der Waals surface area contributed by atoms with Gasteiger partial charge in [0.1, 0.15) is 6.61 Å². The maximum absolute atomic E-state index is 11.9. The molecule has 24 heavy (non-hydrogen) atoms. The van der Waals surface area contributed by atoms with E-state index in [4.69, 9.17) is 9.47 Å². The van der Waals surface area contributed by atoms with Crippen LogP contribution in [0.25, 0.3) is 0 Å². The van der Waals surface area contributed by atoms with Crippen LogP contribution in [0.1, 0.15) is 44.1 Å². The Kier molecular flexibility index (Phi) is 6.25. The van der Waals surface area contributed by atoms with E-state index < -0.39 is 0 Å². The van der Waals surface area contributed by atoms with Crippen molar-refractivity contribution in [1.82, 2.24) is 0 Å². The zero-order valence-corrected chi connectivity index (χ0v) is 14.2. The van der Waals surface area contributed by atoms with Crippen molar-refractivity contribution in [3.63, 3.8) is 0 Å². The van der Waals surface area contributed by atoms with E-state index in [-0.39, 0.29) is 5.97 Å². The van der Waals surface area contributed by atoms with E-state index in [0.717, 1.165) is 37.9 Å². The molecule has 128 valence electrons. The van der Waals surface area contributed by atoms with Crippen LogP contribution in [-0.2, 0) is 20.9 Å². The van der Waals surface area contributed by atoms with Gasteiger partial charge < -0.3 is 9.47 Å². The zero-order chi connectivity index (χ0) is 16.6.